The number of hydrogen-bond donors (Lipinski definition) is 2. The fourth-order valence-corrected chi connectivity index (χ4v) is 3.42. The van der Waals surface area contributed by atoms with Gasteiger partial charge in [-0.15, -0.1) is 0 Å². The molecular weight excluding hydrogens is 323 g/mol. The highest BCUT2D eigenvalue weighted by molar-refractivity contribution is 7.88. The molecule has 2 N–H and O–H groups in total. The van der Waals surface area contributed by atoms with E-state index in [0.29, 0.717) is 10.8 Å². The summed E-state index contributed by atoms with van der Waals surface area (Å²) < 4.78 is 25.0. The number of aromatic nitrogens is 2. The van der Waals surface area contributed by atoms with E-state index in [1.165, 1.54) is 12.5 Å². The standard InChI is InChI=1S/C11H16Cl2N4O2S/c1-20(18,19)17-8-4-2-7(3-5-8)15-10-9(12)6-14-11(13)16-10/h6-8,17H,2-5H2,1H3,(H,14,15,16). The predicted molar refractivity (Wildman–Crippen MR) is 79.7 cm³/mol. The Bertz CT molecular complexity index is 574. The molecule has 1 fully saturated rings. The second-order valence-electron chi connectivity index (χ2n) is 4.92. The van der Waals surface area contributed by atoms with E-state index in [4.69, 9.17) is 23.2 Å². The lowest BCUT2D eigenvalue weighted by Gasteiger charge is -2.29. The number of hydrogen-bond acceptors (Lipinski definition) is 5. The van der Waals surface area contributed by atoms with Gasteiger partial charge in [0.2, 0.25) is 15.3 Å². The first-order valence-electron chi connectivity index (χ1n) is 6.25. The molecule has 0 atom stereocenters. The monoisotopic (exact) mass is 338 g/mol. The van der Waals surface area contributed by atoms with E-state index >= 15 is 0 Å². The van der Waals surface area contributed by atoms with Crippen molar-refractivity contribution in [2.75, 3.05) is 11.6 Å². The maximum atomic E-state index is 11.2. The number of anilines is 1. The first-order valence-corrected chi connectivity index (χ1v) is 8.90. The molecule has 1 aromatic rings. The van der Waals surface area contributed by atoms with E-state index in [-0.39, 0.29) is 17.4 Å². The van der Waals surface area contributed by atoms with Gasteiger partial charge in [-0.25, -0.2) is 18.1 Å². The second kappa shape index (κ2) is 6.43. The van der Waals surface area contributed by atoms with Gasteiger partial charge in [0.05, 0.1) is 12.5 Å². The van der Waals surface area contributed by atoms with Crippen LogP contribution in [-0.2, 0) is 10.0 Å². The third kappa shape index (κ3) is 4.73. The van der Waals surface area contributed by atoms with E-state index in [0.717, 1.165) is 25.7 Å². The minimum atomic E-state index is -3.14. The van der Waals surface area contributed by atoms with Crippen LogP contribution in [0.1, 0.15) is 25.7 Å². The summed E-state index contributed by atoms with van der Waals surface area (Å²) in [5.41, 5.74) is 0. The van der Waals surface area contributed by atoms with Gasteiger partial charge >= 0.3 is 0 Å². The fourth-order valence-electron chi connectivity index (χ4n) is 2.30. The Morgan fingerprint density at radius 2 is 1.80 bits per heavy atom. The summed E-state index contributed by atoms with van der Waals surface area (Å²) in [5.74, 6) is 0.520. The quantitative estimate of drug-likeness (QED) is 0.821. The highest BCUT2D eigenvalue weighted by Crippen LogP contribution is 2.25. The number of nitrogens with zero attached hydrogens (tertiary/aromatic N) is 2. The lowest BCUT2D eigenvalue weighted by molar-refractivity contribution is 0.387. The Balaban J connectivity index is 1.90. The first-order chi connectivity index (χ1) is 9.33. The van der Waals surface area contributed by atoms with E-state index in [1.807, 2.05) is 0 Å². The Labute approximate surface area is 128 Å². The van der Waals surface area contributed by atoms with Gasteiger partial charge in [-0.2, -0.15) is 4.98 Å². The molecule has 112 valence electrons. The molecule has 2 rings (SSSR count). The summed E-state index contributed by atoms with van der Waals surface area (Å²) in [6.45, 7) is 0. The summed E-state index contributed by atoms with van der Waals surface area (Å²) in [7, 11) is -3.14. The van der Waals surface area contributed by atoms with E-state index in [9.17, 15) is 8.42 Å². The number of halogens is 2. The average Bonchev–Trinajstić information content (AvgIpc) is 2.34. The second-order valence-corrected chi connectivity index (χ2v) is 7.44. The SMILES string of the molecule is CS(=O)(=O)NC1CCC(Nc2nc(Cl)ncc2Cl)CC1. The van der Waals surface area contributed by atoms with Gasteiger partial charge in [-0.05, 0) is 37.3 Å². The molecule has 0 aliphatic heterocycles. The zero-order valence-electron chi connectivity index (χ0n) is 10.9. The summed E-state index contributed by atoms with van der Waals surface area (Å²) in [6, 6.07) is 0.212. The van der Waals surface area contributed by atoms with Crippen LogP contribution in [0.3, 0.4) is 0 Å². The maximum Gasteiger partial charge on any atom is 0.224 e. The smallest absolute Gasteiger partial charge is 0.224 e. The van der Waals surface area contributed by atoms with E-state index in [1.54, 1.807) is 0 Å². The van der Waals surface area contributed by atoms with Crippen LogP contribution >= 0.6 is 23.2 Å². The van der Waals surface area contributed by atoms with Crippen LogP contribution < -0.4 is 10.0 Å². The normalized spacial score (nSPS) is 23.6. The molecule has 0 amide bonds. The Morgan fingerprint density at radius 3 is 2.40 bits per heavy atom. The molecule has 20 heavy (non-hydrogen) atoms. The lowest BCUT2D eigenvalue weighted by Crippen LogP contribution is -2.39. The molecule has 0 radical (unpaired) electrons. The molecule has 0 aromatic carbocycles. The highest BCUT2D eigenvalue weighted by atomic mass is 35.5. The van der Waals surface area contributed by atoms with Crippen molar-refractivity contribution >= 4 is 39.0 Å². The zero-order valence-corrected chi connectivity index (χ0v) is 13.3. The predicted octanol–water partition coefficient (Wildman–Crippen LogP) is 2.06. The van der Waals surface area contributed by atoms with Crippen LogP contribution in [-0.4, -0.2) is 36.7 Å². The molecule has 0 saturated heterocycles. The lowest BCUT2D eigenvalue weighted by atomic mass is 9.92. The van der Waals surface area contributed by atoms with Gasteiger partial charge in [0.1, 0.15) is 10.8 Å². The van der Waals surface area contributed by atoms with Gasteiger partial charge in [-0.3, -0.25) is 0 Å². The molecule has 1 heterocycles. The molecule has 1 aromatic heterocycles. The van der Waals surface area contributed by atoms with E-state index < -0.39 is 10.0 Å². The molecule has 0 bridgehead atoms. The molecular formula is C11H16Cl2N4O2S. The molecule has 6 nitrogen and oxygen atoms in total. The van der Waals surface area contributed by atoms with Crippen molar-refractivity contribution in [1.82, 2.24) is 14.7 Å². The Morgan fingerprint density at radius 1 is 1.20 bits per heavy atom. The minimum absolute atomic E-state index is 0.00695. The van der Waals surface area contributed by atoms with Crippen LogP contribution in [0, 0.1) is 0 Å². The van der Waals surface area contributed by atoms with Crippen molar-refractivity contribution in [3.8, 4) is 0 Å². The summed E-state index contributed by atoms with van der Waals surface area (Å²) in [5, 5.41) is 3.79. The molecule has 9 heteroatoms. The van der Waals surface area contributed by atoms with Gasteiger partial charge in [0, 0.05) is 12.1 Å². The van der Waals surface area contributed by atoms with Gasteiger partial charge < -0.3 is 5.32 Å². The minimum Gasteiger partial charge on any atom is -0.366 e. The van der Waals surface area contributed by atoms with Crippen LogP contribution in [0.25, 0.3) is 0 Å². The number of nitrogens with one attached hydrogen (secondary N) is 2. The van der Waals surface area contributed by atoms with E-state index in [2.05, 4.69) is 20.0 Å². The topological polar surface area (TPSA) is 84.0 Å². The van der Waals surface area contributed by atoms with Crippen LogP contribution in [0.2, 0.25) is 10.3 Å². The van der Waals surface area contributed by atoms with Crippen LogP contribution in [0.15, 0.2) is 6.20 Å². The highest BCUT2D eigenvalue weighted by Gasteiger charge is 2.23. The van der Waals surface area contributed by atoms with Crippen LogP contribution in [0.4, 0.5) is 5.82 Å². The Kier molecular flexibility index (Phi) is 5.06. The molecule has 1 aliphatic rings. The third-order valence-electron chi connectivity index (χ3n) is 3.16. The van der Waals surface area contributed by atoms with Gasteiger partial charge in [0.25, 0.3) is 0 Å². The molecule has 0 spiro atoms. The molecule has 0 unspecified atom stereocenters. The largest absolute Gasteiger partial charge is 0.366 e. The van der Waals surface area contributed by atoms with Crippen LogP contribution in [0.5, 0.6) is 0 Å². The molecule has 1 saturated carbocycles. The third-order valence-corrected chi connectivity index (χ3v) is 4.38. The van der Waals surface area contributed by atoms with Crippen molar-refractivity contribution < 1.29 is 8.42 Å². The number of sulfonamides is 1. The van der Waals surface area contributed by atoms with Gasteiger partial charge in [-0.1, -0.05) is 11.6 Å². The fraction of sp³-hybridized carbons (Fsp3) is 0.636. The average molecular weight is 339 g/mol. The van der Waals surface area contributed by atoms with Gasteiger partial charge in [0.15, 0.2) is 0 Å². The van der Waals surface area contributed by atoms with Crippen molar-refractivity contribution in [2.24, 2.45) is 0 Å². The number of rotatable bonds is 4. The summed E-state index contributed by atoms with van der Waals surface area (Å²) in [4.78, 5) is 7.84. The van der Waals surface area contributed by atoms with Crippen molar-refractivity contribution in [3.63, 3.8) is 0 Å². The maximum absolute atomic E-state index is 11.2. The van der Waals surface area contributed by atoms with Crippen molar-refractivity contribution in [3.05, 3.63) is 16.5 Å². The molecule has 1 aliphatic carbocycles. The first kappa shape index (κ1) is 15.8. The summed E-state index contributed by atoms with van der Waals surface area (Å²) >= 11 is 11.7. The Hall–Kier alpha value is -0.630. The zero-order chi connectivity index (χ0) is 14.8. The van der Waals surface area contributed by atoms with Crippen molar-refractivity contribution in [1.29, 1.82) is 0 Å². The summed E-state index contributed by atoms with van der Waals surface area (Å²) in [6.07, 6.45) is 5.87. The van der Waals surface area contributed by atoms with Crippen molar-refractivity contribution in [2.45, 2.75) is 37.8 Å².